The van der Waals surface area contributed by atoms with Crippen LogP contribution < -0.4 is 0 Å². The number of ether oxygens (including phenoxy) is 1. The molecule has 0 unspecified atom stereocenters. The van der Waals surface area contributed by atoms with Crippen LogP contribution in [0.3, 0.4) is 0 Å². The second-order valence-corrected chi connectivity index (χ2v) is 4.57. The van der Waals surface area contributed by atoms with Crippen molar-refractivity contribution in [2.45, 2.75) is 0 Å². The first-order valence-corrected chi connectivity index (χ1v) is 6.02. The molecule has 0 spiro atoms. The summed E-state index contributed by atoms with van der Waals surface area (Å²) in [5.41, 5.74) is 1.41. The lowest BCUT2D eigenvalue weighted by Crippen LogP contribution is -2.01. The Morgan fingerprint density at radius 3 is 3.06 bits per heavy atom. The molecule has 0 aliphatic rings. The van der Waals surface area contributed by atoms with E-state index in [1.165, 1.54) is 7.11 Å². The van der Waals surface area contributed by atoms with Gasteiger partial charge in [0.15, 0.2) is 0 Å². The Morgan fingerprint density at radius 2 is 2.24 bits per heavy atom. The molecule has 0 saturated carbocycles. The van der Waals surface area contributed by atoms with E-state index in [1.54, 1.807) is 23.6 Å². The second-order valence-electron chi connectivity index (χ2n) is 3.65. The lowest BCUT2D eigenvalue weighted by Gasteiger charge is -2.04. The van der Waals surface area contributed by atoms with Gasteiger partial charge >= 0.3 is 5.97 Å². The van der Waals surface area contributed by atoms with Gasteiger partial charge in [0, 0.05) is 21.7 Å². The Bertz CT molecular complexity index is 718. The van der Waals surface area contributed by atoms with Gasteiger partial charge in [0.1, 0.15) is 0 Å². The van der Waals surface area contributed by atoms with Crippen LogP contribution in [0.25, 0.3) is 21.0 Å². The molecule has 2 aromatic heterocycles. The maximum atomic E-state index is 11.7. The second kappa shape index (κ2) is 3.82. The molecular formula is C13H9NO2S. The average Bonchev–Trinajstić information content (AvgIpc) is 2.86. The summed E-state index contributed by atoms with van der Waals surface area (Å²) in [4.78, 5) is 16.0. The Hall–Kier alpha value is -1.94. The minimum Gasteiger partial charge on any atom is -0.465 e. The van der Waals surface area contributed by atoms with Crippen molar-refractivity contribution in [3.63, 3.8) is 0 Å². The smallest absolute Gasteiger partial charge is 0.339 e. The van der Waals surface area contributed by atoms with E-state index in [4.69, 9.17) is 4.74 Å². The molecule has 3 rings (SSSR count). The van der Waals surface area contributed by atoms with Gasteiger partial charge in [-0.15, -0.1) is 11.3 Å². The highest BCUT2D eigenvalue weighted by Crippen LogP contribution is 2.31. The van der Waals surface area contributed by atoms with Gasteiger partial charge in [0.25, 0.3) is 0 Å². The molecule has 0 aliphatic carbocycles. The van der Waals surface area contributed by atoms with E-state index in [1.807, 2.05) is 23.6 Å². The summed E-state index contributed by atoms with van der Waals surface area (Å²) in [5, 5.41) is 4.10. The largest absolute Gasteiger partial charge is 0.465 e. The topological polar surface area (TPSA) is 39.2 Å². The third-order valence-corrected chi connectivity index (χ3v) is 3.67. The zero-order valence-corrected chi connectivity index (χ0v) is 9.95. The van der Waals surface area contributed by atoms with E-state index in [0.717, 1.165) is 21.0 Å². The summed E-state index contributed by atoms with van der Waals surface area (Å²) >= 11 is 1.54. The molecule has 17 heavy (non-hydrogen) atoms. The van der Waals surface area contributed by atoms with Gasteiger partial charge in [-0.25, -0.2) is 4.79 Å². The van der Waals surface area contributed by atoms with Gasteiger partial charge in [-0.2, -0.15) is 0 Å². The number of rotatable bonds is 1. The molecule has 84 valence electrons. The molecule has 0 N–H and O–H groups in total. The number of hydrogen-bond donors (Lipinski definition) is 0. The fourth-order valence-electron chi connectivity index (χ4n) is 1.95. The van der Waals surface area contributed by atoms with Crippen LogP contribution >= 0.6 is 11.3 Å². The highest BCUT2D eigenvalue weighted by Gasteiger charge is 2.14. The Balaban J connectivity index is 2.48. The molecule has 0 fully saturated rings. The molecule has 1 aromatic carbocycles. The molecule has 0 aliphatic heterocycles. The quantitative estimate of drug-likeness (QED) is 0.616. The summed E-state index contributed by atoms with van der Waals surface area (Å²) < 4.78 is 5.76. The number of fused-ring (bicyclic) bond motifs is 3. The summed E-state index contributed by atoms with van der Waals surface area (Å²) in [6.07, 6.45) is 1.72. The minimum absolute atomic E-state index is 0.315. The predicted octanol–water partition coefficient (Wildman–Crippen LogP) is 3.24. The molecule has 3 nitrogen and oxygen atoms in total. The van der Waals surface area contributed by atoms with Gasteiger partial charge in [0.05, 0.1) is 18.2 Å². The van der Waals surface area contributed by atoms with Crippen LogP contribution in [0.1, 0.15) is 10.4 Å². The number of carbonyl (C=O) groups excluding carboxylic acids is 1. The van der Waals surface area contributed by atoms with Crippen molar-refractivity contribution in [3.05, 3.63) is 41.4 Å². The Labute approximate surface area is 102 Å². The number of benzene rings is 1. The lowest BCUT2D eigenvalue weighted by atomic mass is 10.1. The van der Waals surface area contributed by atoms with Gasteiger partial charge in [-0.3, -0.25) is 4.98 Å². The van der Waals surface area contributed by atoms with Crippen molar-refractivity contribution in [1.82, 2.24) is 4.98 Å². The molecule has 0 amide bonds. The fourth-order valence-corrected chi connectivity index (χ4v) is 2.87. The average molecular weight is 243 g/mol. The maximum absolute atomic E-state index is 11.7. The molecule has 0 atom stereocenters. The Kier molecular flexibility index (Phi) is 2.30. The zero-order chi connectivity index (χ0) is 11.8. The number of aromatic nitrogens is 1. The van der Waals surface area contributed by atoms with Crippen molar-refractivity contribution in [1.29, 1.82) is 0 Å². The predicted molar refractivity (Wildman–Crippen MR) is 68.5 cm³/mol. The van der Waals surface area contributed by atoms with Gasteiger partial charge < -0.3 is 4.74 Å². The lowest BCUT2D eigenvalue weighted by molar-refractivity contribution is 0.0603. The molecule has 0 radical (unpaired) electrons. The maximum Gasteiger partial charge on any atom is 0.339 e. The summed E-state index contributed by atoms with van der Waals surface area (Å²) in [6.45, 7) is 0. The SMILES string of the molecule is COC(=O)c1cc2ncccc2c2ccsc12. The summed E-state index contributed by atoms with van der Waals surface area (Å²) in [5.74, 6) is -0.315. The highest BCUT2D eigenvalue weighted by molar-refractivity contribution is 7.17. The van der Waals surface area contributed by atoms with Crippen molar-refractivity contribution >= 4 is 38.3 Å². The van der Waals surface area contributed by atoms with Crippen LogP contribution in [0.4, 0.5) is 0 Å². The number of carbonyl (C=O) groups is 1. The van der Waals surface area contributed by atoms with E-state index in [9.17, 15) is 4.79 Å². The monoisotopic (exact) mass is 243 g/mol. The highest BCUT2D eigenvalue weighted by atomic mass is 32.1. The molecule has 4 heteroatoms. The van der Waals surface area contributed by atoms with Crippen LogP contribution in [0.5, 0.6) is 0 Å². The van der Waals surface area contributed by atoms with Crippen molar-refractivity contribution in [2.24, 2.45) is 0 Å². The number of esters is 1. The van der Waals surface area contributed by atoms with Gasteiger partial charge in [-0.1, -0.05) is 6.07 Å². The Morgan fingerprint density at radius 1 is 1.35 bits per heavy atom. The van der Waals surface area contributed by atoms with E-state index in [0.29, 0.717) is 5.56 Å². The van der Waals surface area contributed by atoms with Crippen LogP contribution in [0.15, 0.2) is 35.8 Å². The number of nitrogens with zero attached hydrogens (tertiary/aromatic N) is 1. The van der Waals surface area contributed by atoms with Crippen molar-refractivity contribution in [2.75, 3.05) is 7.11 Å². The van der Waals surface area contributed by atoms with Crippen molar-refractivity contribution < 1.29 is 9.53 Å². The number of methoxy groups -OCH3 is 1. The minimum atomic E-state index is -0.315. The molecule has 0 bridgehead atoms. The summed E-state index contributed by atoms with van der Waals surface area (Å²) in [7, 11) is 1.39. The molecule has 3 aromatic rings. The van der Waals surface area contributed by atoms with Crippen molar-refractivity contribution in [3.8, 4) is 0 Å². The number of pyridine rings is 1. The normalized spacial score (nSPS) is 10.9. The summed E-state index contributed by atoms with van der Waals surface area (Å²) in [6, 6.07) is 7.71. The number of hydrogen-bond acceptors (Lipinski definition) is 4. The standard InChI is InChI=1S/C13H9NO2S/c1-16-13(15)10-7-11-8(3-2-5-14-11)9-4-6-17-12(9)10/h2-7H,1H3. The third kappa shape index (κ3) is 1.49. The first kappa shape index (κ1) is 10.2. The first-order valence-electron chi connectivity index (χ1n) is 5.14. The fraction of sp³-hybridized carbons (Fsp3) is 0.0769. The zero-order valence-electron chi connectivity index (χ0n) is 9.14. The number of thiophene rings is 1. The van der Waals surface area contributed by atoms with Gasteiger partial charge in [0.2, 0.25) is 0 Å². The van der Waals surface area contributed by atoms with Crippen LogP contribution in [0, 0.1) is 0 Å². The molecule has 0 saturated heterocycles. The van der Waals surface area contributed by atoms with Crippen LogP contribution in [0.2, 0.25) is 0 Å². The van der Waals surface area contributed by atoms with Gasteiger partial charge in [-0.05, 0) is 23.6 Å². The van der Waals surface area contributed by atoms with E-state index in [-0.39, 0.29) is 5.97 Å². The van der Waals surface area contributed by atoms with E-state index >= 15 is 0 Å². The van der Waals surface area contributed by atoms with Crippen LogP contribution in [-0.2, 0) is 4.74 Å². The van der Waals surface area contributed by atoms with E-state index in [2.05, 4.69) is 4.98 Å². The third-order valence-electron chi connectivity index (χ3n) is 2.72. The van der Waals surface area contributed by atoms with Crippen LogP contribution in [-0.4, -0.2) is 18.1 Å². The van der Waals surface area contributed by atoms with E-state index < -0.39 is 0 Å². The first-order chi connectivity index (χ1) is 8.31. The molecule has 2 heterocycles. The molecular weight excluding hydrogens is 234 g/mol.